The molecule has 0 amide bonds. The minimum Gasteiger partial charge on any atom is -0.459 e. The Hall–Kier alpha value is -2.13. The smallest absolute Gasteiger partial charge is 0.283 e. The molecule has 9 heteroatoms. The van der Waals surface area contributed by atoms with Gasteiger partial charge in [0.15, 0.2) is 16.7 Å². The van der Waals surface area contributed by atoms with Gasteiger partial charge in [-0.2, -0.15) is 0 Å². The maximum absolute atomic E-state index is 5.68. The second-order valence-corrected chi connectivity index (χ2v) is 7.44. The van der Waals surface area contributed by atoms with Crippen molar-refractivity contribution < 1.29 is 8.83 Å². The van der Waals surface area contributed by atoms with Crippen molar-refractivity contribution in [3.8, 4) is 11.7 Å². The number of aromatic nitrogens is 5. The summed E-state index contributed by atoms with van der Waals surface area (Å²) < 4.78 is 13.2. The summed E-state index contributed by atoms with van der Waals surface area (Å²) in [5.41, 5.74) is 0. The van der Waals surface area contributed by atoms with Crippen LogP contribution in [0.3, 0.4) is 0 Å². The van der Waals surface area contributed by atoms with Crippen LogP contribution in [0, 0.1) is 0 Å². The second kappa shape index (κ2) is 9.18. The van der Waals surface area contributed by atoms with Crippen LogP contribution in [-0.2, 0) is 12.3 Å². The van der Waals surface area contributed by atoms with E-state index >= 15 is 0 Å². The van der Waals surface area contributed by atoms with Crippen LogP contribution in [0.2, 0.25) is 0 Å². The van der Waals surface area contributed by atoms with Crippen LogP contribution in [-0.4, -0.2) is 44.0 Å². The zero-order chi connectivity index (χ0) is 19.2. The van der Waals surface area contributed by atoms with Gasteiger partial charge in [0.05, 0.1) is 18.1 Å². The van der Waals surface area contributed by atoms with Gasteiger partial charge in [0.2, 0.25) is 5.89 Å². The maximum atomic E-state index is 5.68. The topological polar surface area (TPSA) is 86.0 Å². The zero-order valence-electron chi connectivity index (χ0n) is 16.3. The van der Waals surface area contributed by atoms with Crippen LogP contribution in [0.15, 0.2) is 32.4 Å². The van der Waals surface area contributed by atoms with E-state index in [0.29, 0.717) is 23.3 Å². The Bertz CT molecular complexity index is 827. The van der Waals surface area contributed by atoms with Crippen LogP contribution in [0.25, 0.3) is 11.7 Å². The van der Waals surface area contributed by atoms with E-state index < -0.39 is 0 Å². The minimum absolute atomic E-state index is 0.248. The quantitative estimate of drug-likeness (QED) is 0.480. The SMILES string of the molecule is CCCCn1c(SCc2nnc(-c3ccco3)o2)nnc1C(CC)N(C)C. The Morgan fingerprint density at radius 1 is 1.19 bits per heavy atom. The summed E-state index contributed by atoms with van der Waals surface area (Å²) in [4.78, 5) is 2.19. The van der Waals surface area contributed by atoms with Crippen molar-refractivity contribution in [2.75, 3.05) is 14.1 Å². The van der Waals surface area contributed by atoms with Gasteiger partial charge in [-0.1, -0.05) is 32.0 Å². The molecule has 0 spiro atoms. The summed E-state index contributed by atoms with van der Waals surface area (Å²) in [6, 6.07) is 3.84. The number of nitrogens with zero attached hydrogens (tertiary/aromatic N) is 6. The Balaban J connectivity index is 1.75. The molecule has 27 heavy (non-hydrogen) atoms. The normalized spacial score (nSPS) is 12.8. The minimum atomic E-state index is 0.248. The molecule has 3 aromatic rings. The van der Waals surface area contributed by atoms with E-state index in [1.54, 1.807) is 30.2 Å². The highest BCUT2D eigenvalue weighted by Crippen LogP contribution is 2.28. The first kappa shape index (κ1) is 19.6. The van der Waals surface area contributed by atoms with Gasteiger partial charge in [-0.3, -0.25) is 4.90 Å². The monoisotopic (exact) mass is 390 g/mol. The van der Waals surface area contributed by atoms with Crippen molar-refractivity contribution >= 4 is 11.8 Å². The fraction of sp³-hybridized carbons (Fsp3) is 0.556. The van der Waals surface area contributed by atoms with Crippen molar-refractivity contribution in [2.45, 2.75) is 56.6 Å². The Labute approximate surface area is 163 Å². The number of thioether (sulfide) groups is 1. The van der Waals surface area contributed by atoms with E-state index in [4.69, 9.17) is 8.83 Å². The van der Waals surface area contributed by atoms with Crippen molar-refractivity contribution in [3.63, 3.8) is 0 Å². The first-order valence-corrected chi connectivity index (χ1v) is 10.2. The highest BCUT2D eigenvalue weighted by molar-refractivity contribution is 7.98. The summed E-state index contributed by atoms with van der Waals surface area (Å²) in [7, 11) is 4.16. The zero-order valence-corrected chi connectivity index (χ0v) is 17.1. The lowest BCUT2D eigenvalue weighted by Gasteiger charge is -2.23. The molecule has 0 radical (unpaired) electrons. The third kappa shape index (κ3) is 4.59. The third-order valence-electron chi connectivity index (χ3n) is 4.31. The lowest BCUT2D eigenvalue weighted by Crippen LogP contribution is -2.23. The molecule has 0 aliphatic carbocycles. The van der Waals surface area contributed by atoms with Gasteiger partial charge in [0.25, 0.3) is 5.89 Å². The number of rotatable bonds is 10. The fourth-order valence-corrected chi connectivity index (χ4v) is 3.70. The van der Waals surface area contributed by atoms with E-state index in [2.05, 4.69) is 57.8 Å². The van der Waals surface area contributed by atoms with E-state index in [9.17, 15) is 0 Å². The molecule has 0 bridgehead atoms. The second-order valence-electron chi connectivity index (χ2n) is 6.50. The predicted octanol–water partition coefficient (Wildman–Crippen LogP) is 4.03. The first-order chi connectivity index (χ1) is 13.1. The molecule has 0 saturated heterocycles. The van der Waals surface area contributed by atoms with Crippen molar-refractivity contribution in [2.24, 2.45) is 0 Å². The molecule has 146 valence electrons. The highest BCUT2D eigenvalue weighted by atomic mass is 32.2. The first-order valence-electron chi connectivity index (χ1n) is 9.22. The van der Waals surface area contributed by atoms with Gasteiger partial charge in [-0.05, 0) is 39.1 Å². The Morgan fingerprint density at radius 3 is 2.70 bits per heavy atom. The molecule has 3 rings (SSSR count). The van der Waals surface area contributed by atoms with Crippen molar-refractivity contribution in [3.05, 3.63) is 30.1 Å². The van der Waals surface area contributed by atoms with Crippen LogP contribution in [0.4, 0.5) is 0 Å². The van der Waals surface area contributed by atoms with Gasteiger partial charge in [0, 0.05) is 6.54 Å². The molecule has 3 heterocycles. The number of hydrogen-bond donors (Lipinski definition) is 0. The Morgan fingerprint density at radius 2 is 2.04 bits per heavy atom. The van der Waals surface area contributed by atoms with Crippen LogP contribution in [0.1, 0.15) is 50.9 Å². The molecule has 3 aromatic heterocycles. The molecular formula is C18H26N6O2S. The van der Waals surface area contributed by atoms with Crippen LogP contribution in [0.5, 0.6) is 0 Å². The Kier molecular flexibility index (Phi) is 6.68. The average Bonchev–Trinajstić information content (AvgIpc) is 3.39. The molecule has 0 aliphatic rings. The number of hydrogen-bond acceptors (Lipinski definition) is 8. The number of furan rings is 1. The van der Waals surface area contributed by atoms with Gasteiger partial charge in [-0.15, -0.1) is 20.4 Å². The third-order valence-corrected chi connectivity index (χ3v) is 5.26. The maximum Gasteiger partial charge on any atom is 0.283 e. The van der Waals surface area contributed by atoms with Gasteiger partial charge in [0.1, 0.15) is 0 Å². The summed E-state index contributed by atoms with van der Waals surface area (Å²) in [5.74, 6) is 3.06. The van der Waals surface area contributed by atoms with Crippen LogP contribution >= 0.6 is 11.8 Å². The van der Waals surface area contributed by atoms with E-state index in [-0.39, 0.29) is 6.04 Å². The van der Waals surface area contributed by atoms with Gasteiger partial charge in [-0.25, -0.2) is 0 Å². The fourth-order valence-electron chi connectivity index (χ4n) is 2.90. The van der Waals surface area contributed by atoms with Gasteiger partial charge < -0.3 is 13.4 Å². The summed E-state index contributed by atoms with van der Waals surface area (Å²) in [6.07, 6.45) is 4.78. The molecule has 0 fully saturated rings. The standard InChI is InChI=1S/C18H26N6O2S/c1-5-7-10-24-16(13(6-2)23(3)4)20-22-18(24)27-12-15-19-21-17(26-15)14-9-8-11-25-14/h8-9,11,13H,5-7,10,12H2,1-4H3. The molecule has 0 aliphatic heterocycles. The molecule has 1 atom stereocenters. The molecule has 0 N–H and O–H groups in total. The molecule has 0 saturated carbocycles. The predicted molar refractivity (Wildman–Crippen MR) is 103 cm³/mol. The van der Waals surface area contributed by atoms with E-state index in [0.717, 1.165) is 36.8 Å². The average molecular weight is 391 g/mol. The molecule has 1 unspecified atom stereocenters. The summed E-state index contributed by atoms with van der Waals surface area (Å²) >= 11 is 1.57. The van der Waals surface area contributed by atoms with Crippen LogP contribution < -0.4 is 0 Å². The number of unbranched alkanes of at least 4 members (excludes halogenated alkanes) is 1. The van der Waals surface area contributed by atoms with Crippen molar-refractivity contribution in [1.82, 2.24) is 29.9 Å². The highest BCUT2D eigenvalue weighted by Gasteiger charge is 2.22. The summed E-state index contributed by atoms with van der Waals surface area (Å²) in [6.45, 7) is 5.27. The van der Waals surface area contributed by atoms with E-state index in [1.807, 2.05) is 0 Å². The lowest BCUT2D eigenvalue weighted by atomic mass is 10.2. The lowest BCUT2D eigenvalue weighted by molar-refractivity contribution is 0.270. The summed E-state index contributed by atoms with van der Waals surface area (Å²) in [5, 5.41) is 17.9. The molecule has 8 nitrogen and oxygen atoms in total. The largest absolute Gasteiger partial charge is 0.459 e. The van der Waals surface area contributed by atoms with Crippen molar-refractivity contribution in [1.29, 1.82) is 0 Å². The molecular weight excluding hydrogens is 364 g/mol. The molecule has 0 aromatic carbocycles. The van der Waals surface area contributed by atoms with Gasteiger partial charge >= 0.3 is 0 Å². The van der Waals surface area contributed by atoms with E-state index in [1.165, 1.54) is 0 Å².